The molecule has 8 heteroatoms. The minimum absolute atomic E-state index is 0.167. The number of amides is 1. The highest BCUT2D eigenvalue weighted by Gasteiger charge is 2.07. The molecule has 1 N–H and O–H groups in total. The van der Waals surface area contributed by atoms with E-state index in [-0.39, 0.29) is 18.1 Å². The van der Waals surface area contributed by atoms with Crippen molar-refractivity contribution in [1.82, 2.24) is 19.7 Å². The second kappa shape index (κ2) is 7.14. The zero-order valence-corrected chi connectivity index (χ0v) is 12.5. The topological polar surface area (TPSA) is 99.0 Å². The standard InChI is InChI=1S/C16H13N5O3/c22-14(11-21-15(23)7-4-8-19-21)20-12-9-17-16(18-10-12)24-13-5-2-1-3-6-13/h1-10H,11H2,(H,20,22). The lowest BCUT2D eigenvalue weighted by Crippen LogP contribution is -2.28. The number of benzene rings is 1. The maximum absolute atomic E-state index is 11.9. The van der Waals surface area contributed by atoms with Crippen LogP contribution in [0.2, 0.25) is 0 Å². The summed E-state index contributed by atoms with van der Waals surface area (Å²) in [5, 5.41) is 6.40. The van der Waals surface area contributed by atoms with Crippen LogP contribution in [0.25, 0.3) is 0 Å². The highest BCUT2D eigenvalue weighted by atomic mass is 16.5. The van der Waals surface area contributed by atoms with E-state index >= 15 is 0 Å². The third kappa shape index (κ3) is 4.01. The molecule has 1 aromatic carbocycles. The van der Waals surface area contributed by atoms with Gasteiger partial charge in [0, 0.05) is 12.3 Å². The summed E-state index contributed by atoms with van der Waals surface area (Å²) in [5.41, 5.74) is 0.0416. The molecule has 0 saturated heterocycles. The van der Waals surface area contributed by atoms with E-state index in [4.69, 9.17) is 4.74 Å². The Bertz CT molecular complexity index is 878. The summed E-state index contributed by atoms with van der Waals surface area (Å²) in [6.45, 7) is -0.193. The number of carbonyl (C=O) groups is 1. The van der Waals surface area contributed by atoms with Gasteiger partial charge in [-0.25, -0.2) is 14.6 Å². The molecule has 120 valence electrons. The number of anilines is 1. The molecule has 0 saturated carbocycles. The molecule has 0 radical (unpaired) electrons. The van der Waals surface area contributed by atoms with Crippen LogP contribution in [0.1, 0.15) is 0 Å². The highest BCUT2D eigenvalue weighted by Crippen LogP contribution is 2.17. The molecule has 1 amide bonds. The molecule has 8 nitrogen and oxygen atoms in total. The van der Waals surface area contributed by atoms with Gasteiger partial charge in [-0.1, -0.05) is 18.2 Å². The number of nitrogens with zero attached hydrogens (tertiary/aromatic N) is 4. The van der Waals surface area contributed by atoms with Crippen molar-refractivity contribution < 1.29 is 9.53 Å². The number of nitrogens with one attached hydrogen (secondary N) is 1. The molecule has 0 atom stereocenters. The smallest absolute Gasteiger partial charge is 0.322 e. The van der Waals surface area contributed by atoms with Crippen molar-refractivity contribution in [2.75, 3.05) is 5.32 Å². The Hall–Kier alpha value is -3.55. The van der Waals surface area contributed by atoms with E-state index in [1.165, 1.54) is 30.7 Å². The molecule has 0 fully saturated rings. The largest absolute Gasteiger partial charge is 0.424 e. The van der Waals surface area contributed by atoms with Crippen LogP contribution in [0.3, 0.4) is 0 Å². The van der Waals surface area contributed by atoms with Crippen molar-refractivity contribution in [3.8, 4) is 11.8 Å². The predicted octanol–water partition coefficient (Wildman–Crippen LogP) is 1.46. The Morgan fingerprint density at radius 2 is 1.83 bits per heavy atom. The van der Waals surface area contributed by atoms with Crippen LogP contribution in [-0.2, 0) is 11.3 Å². The van der Waals surface area contributed by atoms with E-state index in [0.717, 1.165) is 4.68 Å². The summed E-state index contributed by atoms with van der Waals surface area (Å²) < 4.78 is 6.52. The maximum atomic E-state index is 11.9. The molecular weight excluding hydrogens is 310 g/mol. The number of hydrogen-bond donors (Lipinski definition) is 1. The van der Waals surface area contributed by atoms with Crippen LogP contribution in [0.15, 0.2) is 65.8 Å². The van der Waals surface area contributed by atoms with Gasteiger partial charge in [0.15, 0.2) is 0 Å². The van der Waals surface area contributed by atoms with Gasteiger partial charge >= 0.3 is 6.01 Å². The lowest BCUT2D eigenvalue weighted by molar-refractivity contribution is -0.117. The molecule has 0 bridgehead atoms. The van der Waals surface area contributed by atoms with E-state index in [2.05, 4.69) is 20.4 Å². The predicted molar refractivity (Wildman–Crippen MR) is 85.7 cm³/mol. The lowest BCUT2D eigenvalue weighted by Gasteiger charge is -2.07. The van der Waals surface area contributed by atoms with Crippen LogP contribution in [0.5, 0.6) is 11.8 Å². The van der Waals surface area contributed by atoms with E-state index in [1.807, 2.05) is 18.2 Å². The van der Waals surface area contributed by atoms with E-state index in [0.29, 0.717) is 11.4 Å². The van der Waals surface area contributed by atoms with Crippen molar-refractivity contribution in [3.63, 3.8) is 0 Å². The first-order valence-electron chi connectivity index (χ1n) is 7.08. The van der Waals surface area contributed by atoms with Crippen LogP contribution in [0.4, 0.5) is 5.69 Å². The van der Waals surface area contributed by atoms with Gasteiger partial charge < -0.3 is 10.1 Å². The van der Waals surface area contributed by atoms with Gasteiger partial charge in [-0.3, -0.25) is 9.59 Å². The van der Waals surface area contributed by atoms with Gasteiger partial charge in [0.05, 0.1) is 18.1 Å². The van der Waals surface area contributed by atoms with Crippen molar-refractivity contribution in [2.24, 2.45) is 0 Å². The monoisotopic (exact) mass is 323 g/mol. The molecule has 0 aliphatic rings. The van der Waals surface area contributed by atoms with E-state index in [1.54, 1.807) is 12.1 Å². The van der Waals surface area contributed by atoms with Crippen LogP contribution < -0.4 is 15.6 Å². The second-order valence-electron chi connectivity index (χ2n) is 4.74. The maximum Gasteiger partial charge on any atom is 0.322 e. The molecular formula is C16H13N5O3. The minimum Gasteiger partial charge on any atom is -0.424 e. The molecule has 0 spiro atoms. The SMILES string of the molecule is O=C(Cn1ncccc1=O)Nc1cnc(Oc2ccccc2)nc1. The minimum atomic E-state index is -0.406. The molecule has 0 unspecified atom stereocenters. The molecule has 2 heterocycles. The second-order valence-corrected chi connectivity index (χ2v) is 4.74. The van der Waals surface area contributed by atoms with Gasteiger partial charge in [0.25, 0.3) is 5.56 Å². The third-order valence-electron chi connectivity index (χ3n) is 2.94. The summed E-state index contributed by atoms with van der Waals surface area (Å²) in [4.78, 5) is 31.5. The van der Waals surface area contributed by atoms with Gasteiger partial charge in [-0.2, -0.15) is 5.10 Å². The summed E-state index contributed by atoms with van der Waals surface area (Å²) in [6.07, 6.45) is 4.28. The quantitative estimate of drug-likeness (QED) is 0.763. The number of para-hydroxylation sites is 1. The zero-order valence-electron chi connectivity index (χ0n) is 12.5. The molecule has 3 aromatic rings. The first-order chi connectivity index (χ1) is 11.7. The van der Waals surface area contributed by atoms with Crippen LogP contribution >= 0.6 is 0 Å². The summed E-state index contributed by atoms with van der Waals surface area (Å²) >= 11 is 0. The summed E-state index contributed by atoms with van der Waals surface area (Å²) in [5.74, 6) is 0.208. The van der Waals surface area contributed by atoms with Gasteiger partial charge in [-0.05, 0) is 18.2 Å². The van der Waals surface area contributed by atoms with Crippen molar-refractivity contribution in [2.45, 2.75) is 6.54 Å². The first-order valence-corrected chi connectivity index (χ1v) is 7.08. The number of aromatic nitrogens is 4. The summed E-state index contributed by atoms with van der Waals surface area (Å²) in [7, 11) is 0. The molecule has 24 heavy (non-hydrogen) atoms. The molecule has 3 rings (SSSR count). The Morgan fingerprint density at radius 3 is 2.54 bits per heavy atom. The molecule has 0 aliphatic carbocycles. The van der Waals surface area contributed by atoms with Crippen molar-refractivity contribution in [1.29, 1.82) is 0 Å². The number of rotatable bonds is 5. The summed E-state index contributed by atoms with van der Waals surface area (Å²) in [6, 6.07) is 12.1. The highest BCUT2D eigenvalue weighted by molar-refractivity contribution is 5.90. The van der Waals surface area contributed by atoms with Crippen LogP contribution in [0, 0.1) is 0 Å². The Labute approximate surface area is 136 Å². The third-order valence-corrected chi connectivity index (χ3v) is 2.94. The fourth-order valence-corrected chi connectivity index (χ4v) is 1.87. The lowest BCUT2D eigenvalue weighted by atomic mass is 10.3. The Morgan fingerprint density at radius 1 is 1.08 bits per heavy atom. The van der Waals surface area contributed by atoms with Crippen molar-refractivity contribution >= 4 is 11.6 Å². The zero-order chi connectivity index (χ0) is 16.8. The van der Waals surface area contributed by atoms with E-state index in [9.17, 15) is 9.59 Å². The number of carbonyl (C=O) groups excluding carboxylic acids is 1. The van der Waals surface area contributed by atoms with Gasteiger partial charge in [0.1, 0.15) is 12.3 Å². The first kappa shape index (κ1) is 15.3. The molecule has 2 aromatic heterocycles. The van der Waals surface area contributed by atoms with Gasteiger partial charge in [0.2, 0.25) is 5.91 Å². The fourth-order valence-electron chi connectivity index (χ4n) is 1.87. The number of hydrogen-bond acceptors (Lipinski definition) is 6. The molecule has 0 aliphatic heterocycles. The normalized spacial score (nSPS) is 10.2. The Balaban J connectivity index is 1.61. The number of ether oxygens (including phenoxy) is 1. The van der Waals surface area contributed by atoms with Gasteiger partial charge in [-0.15, -0.1) is 0 Å². The average Bonchev–Trinajstić information content (AvgIpc) is 2.60. The van der Waals surface area contributed by atoms with Crippen molar-refractivity contribution in [3.05, 3.63) is 71.4 Å². The fraction of sp³-hybridized carbons (Fsp3) is 0.0625. The Kier molecular flexibility index (Phi) is 4.57. The van der Waals surface area contributed by atoms with Crippen LogP contribution in [-0.4, -0.2) is 25.7 Å². The average molecular weight is 323 g/mol. The van der Waals surface area contributed by atoms with E-state index < -0.39 is 5.91 Å².